The quantitative estimate of drug-likeness (QED) is 0.435. The zero-order valence-electron chi connectivity index (χ0n) is 21.0. The van der Waals surface area contributed by atoms with E-state index in [0.29, 0.717) is 42.1 Å². The lowest BCUT2D eigenvalue weighted by Crippen LogP contribution is -2.44. The molecular formula is C28H35N5O2. The highest BCUT2D eigenvalue weighted by molar-refractivity contribution is 6.14. The van der Waals surface area contributed by atoms with Crippen molar-refractivity contribution in [2.24, 2.45) is 10.9 Å². The van der Waals surface area contributed by atoms with Crippen molar-refractivity contribution in [3.8, 4) is 5.88 Å². The van der Waals surface area contributed by atoms with Crippen LogP contribution in [0.2, 0.25) is 0 Å². The van der Waals surface area contributed by atoms with Crippen molar-refractivity contribution in [2.45, 2.75) is 45.7 Å². The first-order valence-corrected chi connectivity index (χ1v) is 12.6. The molecule has 2 bridgehead atoms. The van der Waals surface area contributed by atoms with E-state index in [1.54, 1.807) is 6.07 Å². The van der Waals surface area contributed by atoms with Crippen LogP contribution in [0.4, 0.5) is 11.4 Å². The summed E-state index contributed by atoms with van der Waals surface area (Å²) in [5.74, 6) is 0.343. The van der Waals surface area contributed by atoms with Crippen molar-refractivity contribution in [3.63, 3.8) is 0 Å². The number of aliphatic imine (C=N–C) groups is 1. The number of amides is 1. The zero-order chi connectivity index (χ0) is 24.7. The molecule has 1 aromatic heterocycles. The SMILES string of the molecule is CCC(=Nc1ccc(N2CC3CC2CN3C)cc1)c1c(O)[nH]c2ccc(C(=O)NCC(C)C)cc12. The Kier molecular flexibility index (Phi) is 6.28. The Bertz CT molecular complexity index is 1260. The van der Waals surface area contributed by atoms with Crippen molar-refractivity contribution < 1.29 is 9.90 Å². The van der Waals surface area contributed by atoms with E-state index in [1.165, 1.54) is 12.1 Å². The van der Waals surface area contributed by atoms with Crippen LogP contribution >= 0.6 is 0 Å². The summed E-state index contributed by atoms with van der Waals surface area (Å²) in [5, 5.41) is 14.5. The van der Waals surface area contributed by atoms with Crippen LogP contribution in [0.15, 0.2) is 47.5 Å². The Balaban J connectivity index is 1.42. The summed E-state index contributed by atoms with van der Waals surface area (Å²) in [6.07, 6.45) is 1.89. The lowest BCUT2D eigenvalue weighted by atomic mass is 10.0. The number of aromatic amines is 1. The molecule has 0 aliphatic carbocycles. The third-order valence-corrected chi connectivity index (χ3v) is 7.30. The van der Waals surface area contributed by atoms with Gasteiger partial charge in [-0.05, 0) is 68.3 Å². The molecule has 2 saturated heterocycles. The minimum absolute atomic E-state index is 0.0779. The van der Waals surface area contributed by atoms with Gasteiger partial charge in [-0.15, -0.1) is 0 Å². The first-order chi connectivity index (χ1) is 16.8. The van der Waals surface area contributed by atoms with Crippen molar-refractivity contribution in [2.75, 3.05) is 31.6 Å². The molecule has 3 heterocycles. The molecule has 7 heteroatoms. The largest absolute Gasteiger partial charge is 0.494 e. The van der Waals surface area contributed by atoms with Crippen LogP contribution in [0.5, 0.6) is 5.88 Å². The van der Waals surface area contributed by atoms with E-state index >= 15 is 0 Å². The highest BCUT2D eigenvalue weighted by Crippen LogP contribution is 2.35. The second-order valence-corrected chi connectivity index (χ2v) is 10.3. The number of anilines is 1. The zero-order valence-corrected chi connectivity index (χ0v) is 21.0. The Morgan fingerprint density at radius 3 is 2.57 bits per heavy atom. The number of fused-ring (bicyclic) bond motifs is 3. The molecule has 3 aromatic rings. The maximum absolute atomic E-state index is 12.6. The highest BCUT2D eigenvalue weighted by atomic mass is 16.3. The van der Waals surface area contributed by atoms with Crippen LogP contribution in [-0.2, 0) is 0 Å². The number of piperazine rings is 1. The molecule has 0 radical (unpaired) electrons. The van der Waals surface area contributed by atoms with Gasteiger partial charge in [0.15, 0.2) is 5.88 Å². The maximum Gasteiger partial charge on any atom is 0.251 e. The van der Waals surface area contributed by atoms with Gasteiger partial charge in [0, 0.05) is 53.9 Å². The average Bonchev–Trinajstić information content (AvgIpc) is 3.52. The highest BCUT2D eigenvalue weighted by Gasteiger charge is 2.41. The first kappa shape index (κ1) is 23.4. The third kappa shape index (κ3) is 4.52. The fourth-order valence-corrected chi connectivity index (χ4v) is 5.38. The normalized spacial score (nSPS) is 20.4. The summed E-state index contributed by atoms with van der Waals surface area (Å²) in [7, 11) is 2.22. The molecular weight excluding hydrogens is 438 g/mol. The number of hydrogen-bond acceptors (Lipinski definition) is 5. The first-order valence-electron chi connectivity index (χ1n) is 12.6. The molecule has 0 saturated carbocycles. The predicted molar refractivity (Wildman–Crippen MR) is 142 cm³/mol. The Labute approximate surface area is 206 Å². The number of likely N-dealkylation sites (tertiary alicyclic amines) is 1. The van der Waals surface area contributed by atoms with Crippen LogP contribution in [-0.4, -0.2) is 65.4 Å². The Hall–Kier alpha value is -3.32. The molecule has 2 aliphatic heterocycles. The molecule has 35 heavy (non-hydrogen) atoms. The third-order valence-electron chi connectivity index (χ3n) is 7.30. The molecule has 3 N–H and O–H groups in total. The van der Waals surface area contributed by atoms with Gasteiger partial charge >= 0.3 is 0 Å². The van der Waals surface area contributed by atoms with Crippen molar-refractivity contribution >= 4 is 33.9 Å². The molecule has 2 aromatic carbocycles. The number of likely N-dealkylation sites (N-methyl/N-ethyl adjacent to an activating group) is 1. The van der Waals surface area contributed by atoms with Gasteiger partial charge in [-0.2, -0.15) is 0 Å². The molecule has 7 nitrogen and oxygen atoms in total. The summed E-state index contributed by atoms with van der Waals surface area (Å²) in [6.45, 7) is 8.99. The number of aromatic nitrogens is 1. The van der Waals surface area contributed by atoms with E-state index in [-0.39, 0.29) is 11.8 Å². The monoisotopic (exact) mass is 473 g/mol. The van der Waals surface area contributed by atoms with Gasteiger partial charge in [0.2, 0.25) is 0 Å². The van der Waals surface area contributed by atoms with E-state index in [2.05, 4.69) is 65.3 Å². The molecule has 1 amide bonds. The number of rotatable bonds is 7. The van der Waals surface area contributed by atoms with Crippen LogP contribution < -0.4 is 10.2 Å². The summed E-state index contributed by atoms with van der Waals surface area (Å²) < 4.78 is 0. The molecule has 5 rings (SSSR count). The van der Waals surface area contributed by atoms with Gasteiger partial charge in [0.1, 0.15) is 0 Å². The number of carbonyl (C=O) groups is 1. The maximum atomic E-state index is 12.6. The number of carbonyl (C=O) groups excluding carboxylic acids is 1. The van der Waals surface area contributed by atoms with Gasteiger partial charge in [-0.1, -0.05) is 20.8 Å². The lowest BCUT2D eigenvalue weighted by Gasteiger charge is -2.33. The summed E-state index contributed by atoms with van der Waals surface area (Å²) >= 11 is 0. The molecule has 0 spiro atoms. The minimum atomic E-state index is -0.111. The topological polar surface area (TPSA) is 84.0 Å². The van der Waals surface area contributed by atoms with E-state index in [4.69, 9.17) is 4.99 Å². The fourth-order valence-electron chi connectivity index (χ4n) is 5.38. The molecule has 2 atom stereocenters. The minimum Gasteiger partial charge on any atom is -0.494 e. The number of aromatic hydroxyl groups is 1. The van der Waals surface area contributed by atoms with Crippen LogP contribution in [0.25, 0.3) is 10.9 Å². The Morgan fingerprint density at radius 1 is 1.17 bits per heavy atom. The number of H-pyrrole nitrogens is 1. The number of nitrogens with one attached hydrogen (secondary N) is 2. The van der Waals surface area contributed by atoms with Crippen LogP contribution in [0, 0.1) is 5.92 Å². The number of benzene rings is 2. The smallest absolute Gasteiger partial charge is 0.251 e. The summed E-state index contributed by atoms with van der Waals surface area (Å²) in [5.41, 5.74) is 4.89. The second kappa shape index (κ2) is 9.38. The van der Waals surface area contributed by atoms with E-state index in [9.17, 15) is 9.90 Å². The van der Waals surface area contributed by atoms with Crippen LogP contribution in [0.3, 0.4) is 0 Å². The van der Waals surface area contributed by atoms with Crippen molar-refractivity contribution in [1.29, 1.82) is 0 Å². The second-order valence-electron chi connectivity index (χ2n) is 10.3. The van der Waals surface area contributed by atoms with Crippen molar-refractivity contribution in [1.82, 2.24) is 15.2 Å². The van der Waals surface area contributed by atoms with E-state index in [0.717, 1.165) is 35.4 Å². The van der Waals surface area contributed by atoms with Gasteiger partial charge in [0.25, 0.3) is 5.91 Å². The Morgan fingerprint density at radius 2 is 1.94 bits per heavy atom. The average molecular weight is 474 g/mol. The molecule has 2 fully saturated rings. The van der Waals surface area contributed by atoms with Gasteiger partial charge in [-0.25, -0.2) is 0 Å². The van der Waals surface area contributed by atoms with Gasteiger partial charge < -0.3 is 20.3 Å². The van der Waals surface area contributed by atoms with Gasteiger partial charge in [-0.3, -0.25) is 14.7 Å². The van der Waals surface area contributed by atoms with Crippen LogP contribution in [0.1, 0.15) is 49.5 Å². The van der Waals surface area contributed by atoms with E-state index < -0.39 is 0 Å². The predicted octanol–water partition coefficient (Wildman–Crippen LogP) is 4.68. The van der Waals surface area contributed by atoms with E-state index in [1.807, 2.05) is 19.1 Å². The number of nitrogens with zero attached hydrogens (tertiary/aromatic N) is 3. The molecule has 2 unspecified atom stereocenters. The van der Waals surface area contributed by atoms with Gasteiger partial charge in [0.05, 0.1) is 17.0 Å². The standard InChI is InChI=1S/C28H35N5O2/c1-5-24(30-19-7-9-20(10-8-19)33-16-21-13-22(33)15-32(21)4)26-23-12-18(27(34)29-14-17(2)3)6-11-25(23)31-28(26)35/h6-12,17,21-22,31,35H,5,13-16H2,1-4H3,(H,29,34). The summed E-state index contributed by atoms with van der Waals surface area (Å²) in [4.78, 5) is 25.5. The molecule has 2 aliphatic rings. The summed E-state index contributed by atoms with van der Waals surface area (Å²) in [6, 6.07) is 15.1. The fraction of sp³-hybridized carbons (Fsp3) is 0.429. The number of hydrogen-bond donors (Lipinski definition) is 3. The van der Waals surface area contributed by atoms with Crippen molar-refractivity contribution in [3.05, 3.63) is 53.6 Å². The molecule has 184 valence electrons. The lowest BCUT2D eigenvalue weighted by molar-refractivity contribution is 0.0949.